The fraction of sp³-hybridized carbons (Fsp3) is 0.462. The molecule has 2 N–H and O–H groups in total. The van der Waals surface area contributed by atoms with Gasteiger partial charge in [-0.15, -0.1) is 0 Å². The first-order valence-electron chi connectivity index (χ1n) is 6.12. The summed E-state index contributed by atoms with van der Waals surface area (Å²) >= 11 is 0. The minimum Gasteiger partial charge on any atom is -0.477 e. The van der Waals surface area contributed by atoms with Crippen molar-refractivity contribution in [2.24, 2.45) is 5.92 Å². The highest BCUT2D eigenvalue weighted by Gasteiger charge is 2.32. The van der Waals surface area contributed by atoms with Gasteiger partial charge in [-0.1, -0.05) is 6.07 Å². The minimum atomic E-state index is -1.15. The molecule has 1 atom stereocenters. The smallest absolute Gasteiger partial charge is 0.354 e. The summed E-state index contributed by atoms with van der Waals surface area (Å²) in [6, 6.07) is 4.33. The third kappa shape index (κ3) is 3.51. The molecule has 1 heterocycles. The van der Waals surface area contributed by atoms with Crippen molar-refractivity contribution in [2.45, 2.75) is 18.9 Å². The molecule has 1 aliphatic carbocycles. The van der Waals surface area contributed by atoms with Crippen LogP contribution < -0.4 is 5.32 Å². The SMILES string of the molecule is COCC(NC(=O)c1cccc(C(=O)O)n1)C1CC1. The zero-order chi connectivity index (χ0) is 13.8. The highest BCUT2D eigenvalue weighted by molar-refractivity contribution is 5.94. The Morgan fingerprint density at radius 1 is 1.47 bits per heavy atom. The number of carbonyl (C=O) groups is 2. The highest BCUT2D eigenvalue weighted by atomic mass is 16.5. The normalized spacial score (nSPS) is 15.8. The summed E-state index contributed by atoms with van der Waals surface area (Å²) < 4.78 is 5.07. The van der Waals surface area contributed by atoms with E-state index in [4.69, 9.17) is 9.84 Å². The third-order valence-electron chi connectivity index (χ3n) is 3.05. The largest absolute Gasteiger partial charge is 0.477 e. The molecule has 1 saturated carbocycles. The molecule has 2 rings (SSSR count). The number of rotatable bonds is 6. The molecule has 0 radical (unpaired) electrons. The van der Waals surface area contributed by atoms with Gasteiger partial charge in [-0.05, 0) is 30.9 Å². The highest BCUT2D eigenvalue weighted by Crippen LogP contribution is 2.32. The second-order valence-corrected chi connectivity index (χ2v) is 4.59. The lowest BCUT2D eigenvalue weighted by Gasteiger charge is -2.16. The fourth-order valence-electron chi connectivity index (χ4n) is 1.90. The van der Waals surface area contributed by atoms with Crippen LogP contribution in [0, 0.1) is 5.92 Å². The van der Waals surface area contributed by atoms with Crippen LogP contribution in [-0.4, -0.2) is 41.7 Å². The zero-order valence-corrected chi connectivity index (χ0v) is 10.6. The van der Waals surface area contributed by atoms with E-state index in [1.54, 1.807) is 7.11 Å². The first-order chi connectivity index (χ1) is 9.11. The second-order valence-electron chi connectivity index (χ2n) is 4.59. The maximum Gasteiger partial charge on any atom is 0.354 e. The maximum atomic E-state index is 12.0. The molecule has 1 fully saturated rings. The van der Waals surface area contributed by atoms with Gasteiger partial charge in [-0.3, -0.25) is 4.79 Å². The van der Waals surface area contributed by atoms with E-state index in [0.29, 0.717) is 12.5 Å². The van der Waals surface area contributed by atoms with Crippen LogP contribution >= 0.6 is 0 Å². The molecule has 19 heavy (non-hydrogen) atoms. The van der Waals surface area contributed by atoms with Crippen molar-refractivity contribution < 1.29 is 19.4 Å². The number of nitrogens with zero attached hydrogens (tertiary/aromatic N) is 1. The van der Waals surface area contributed by atoms with E-state index in [0.717, 1.165) is 12.8 Å². The minimum absolute atomic E-state index is 0.0345. The lowest BCUT2D eigenvalue weighted by atomic mass is 10.2. The Bertz CT molecular complexity index is 485. The number of aromatic nitrogens is 1. The summed E-state index contributed by atoms with van der Waals surface area (Å²) in [7, 11) is 1.59. The molecule has 1 aromatic rings. The molecule has 102 valence electrons. The van der Waals surface area contributed by atoms with Crippen LogP contribution in [0.25, 0.3) is 0 Å². The van der Waals surface area contributed by atoms with E-state index in [1.807, 2.05) is 0 Å². The molecule has 6 heteroatoms. The van der Waals surface area contributed by atoms with E-state index >= 15 is 0 Å². The molecule has 0 aliphatic heterocycles. The number of ether oxygens (including phenoxy) is 1. The van der Waals surface area contributed by atoms with Crippen LogP contribution in [0.2, 0.25) is 0 Å². The lowest BCUT2D eigenvalue weighted by Crippen LogP contribution is -2.40. The monoisotopic (exact) mass is 264 g/mol. The van der Waals surface area contributed by atoms with Gasteiger partial charge in [0.15, 0.2) is 0 Å². The summed E-state index contributed by atoms with van der Waals surface area (Å²) in [4.78, 5) is 26.6. The topological polar surface area (TPSA) is 88.5 Å². The molecule has 0 aromatic carbocycles. The summed E-state index contributed by atoms with van der Waals surface area (Å²) in [6.07, 6.45) is 2.16. The summed E-state index contributed by atoms with van der Waals surface area (Å²) in [6.45, 7) is 0.453. The number of pyridine rings is 1. The third-order valence-corrected chi connectivity index (χ3v) is 3.05. The van der Waals surface area contributed by atoms with E-state index in [9.17, 15) is 9.59 Å². The number of carboxylic acid groups (broad SMARTS) is 1. The standard InChI is InChI=1S/C13H16N2O4/c1-19-7-11(8-5-6-8)15-12(16)9-3-2-4-10(14-9)13(17)18/h2-4,8,11H,5-7H2,1H3,(H,15,16)(H,17,18). The van der Waals surface area contributed by atoms with E-state index in [-0.39, 0.29) is 23.3 Å². The quantitative estimate of drug-likeness (QED) is 0.798. The average molecular weight is 264 g/mol. The van der Waals surface area contributed by atoms with Gasteiger partial charge in [0.25, 0.3) is 5.91 Å². The first kappa shape index (κ1) is 13.5. The van der Waals surface area contributed by atoms with Gasteiger partial charge in [-0.2, -0.15) is 0 Å². The molecule has 1 unspecified atom stereocenters. The molecule has 1 aliphatic rings. The second kappa shape index (κ2) is 5.79. The number of aromatic carboxylic acids is 1. The number of methoxy groups -OCH3 is 1. The Balaban J connectivity index is 2.06. The van der Waals surface area contributed by atoms with Crippen molar-refractivity contribution in [2.75, 3.05) is 13.7 Å². The van der Waals surface area contributed by atoms with Gasteiger partial charge >= 0.3 is 5.97 Å². The average Bonchev–Trinajstić information content (AvgIpc) is 3.22. The number of hydrogen-bond donors (Lipinski definition) is 2. The van der Waals surface area contributed by atoms with Crippen molar-refractivity contribution in [3.05, 3.63) is 29.6 Å². The predicted octanol–water partition coefficient (Wildman–Crippen LogP) is 0.935. The summed E-state index contributed by atoms with van der Waals surface area (Å²) in [5, 5.41) is 11.7. The van der Waals surface area contributed by atoms with Crippen LogP contribution in [-0.2, 0) is 4.74 Å². The van der Waals surface area contributed by atoms with Gasteiger partial charge < -0.3 is 15.2 Å². The number of carbonyl (C=O) groups excluding carboxylic acids is 1. The first-order valence-corrected chi connectivity index (χ1v) is 6.12. The molecule has 0 spiro atoms. The molecule has 6 nitrogen and oxygen atoms in total. The molecule has 0 bridgehead atoms. The Labute approximate surface area is 110 Å². The van der Waals surface area contributed by atoms with Gasteiger partial charge in [-0.25, -0.2) is 9.78 Å². The summed E-state index contributed by atoms with van der Waals surface area (Å²) in [5.41, 5.74) is -0.0241. The van der Waals surface area contributed by atoms with Crippen molar-refractivity contribution in [3.63, 3.8) is 0 Å². The van der Waals surface area contributed by atoms with E-state index in [1.165, 1.54) is 18.2 Å². The summed E-state index contributed by atoms with van der Waals surface area (Å²) in [5.74, 6) is -1.06. The number of amides is 1. The van der Waals surface area contributed by atoms with Crippen LogP contribution in [0.15, 0.2) is 18.2 Å². The fourth-order valence-corrected chi connectivity index (χ4v) is 1.90. The molecular formula is C13H16N2O4. The molecular weight excluding hydrogens is 248 g/mol. The van der Waals surface area contributed by atoms with Gasteiger partial charge in [0.05, 0.1) is 12.6 Å². The van der Waals surface area contributed by atoms with Gasteiger partial charge in [0.2, 0.25) is 0 Å². The van der Waals surface area contributed by atoms with Crippen LogP contribution in [0.3, 0.4) is 0 Å². The maximum absolute atomic E-state index is 12.0. The molecule has 1 aromatic heterocycles. The Morgan fingerprint density at radius 2 is 2.16 bits per heavy atom. The number of nitrogens with one attached hydrogen (secondary N) is 1. The Hall–Kier alpha value is -1.95. The molecule has 1 amide bonds. The van der Waals surface area contributed by atoms with Crippen molar-refractivity contribution in [1.29, 1.82) is 0 Å². The van der Waals surface area contributed by atoms with E-state index < -0.39 is 5.97 Å². The number of hydrogen-bond acceptors (Lipinski definition) is 4. The molecule has 0 saturated heterocycles. The van der Waals surface area contributed by atoms with Crippen molar-refractivity contribution in [3.8, 4) is 0 Å². The predicted molar refractivity (Wildman–Crippen MR) is 67.1 cm³/mol. The van der Waals surface area contributed by atoms with Crippen molar-refractivity contribution in [1.82, 2.24) is 10.3 Å². The zero-order valence-electron chi connectivity index (χ0n) is 10.6. The Kier molecular flexibility index (Phi) is 4.11. The van der Waals surface area contributed by atoms with Crippen LogP contribution in [0.1, 0.15) is 33.8 Å². The number of carboxylic acids is 1. The van der Waals surface area contributed by atoms with Crippen LogP contribution in [0.5, 0.6) is 0 Å². The van der Waals surface area contributed by atoms with Gasteiger partial charge in [0.1, 0.15) is 11.4 Å². The lowest BCUT2D eigenvalue weighted by molar-refractivity contribution is 0.0690. The van der Waals surface area contributed by atoms with Crippen LogP contribution in [0.4, 0.5) is 0 Å². The van der Waals surface area contributed by atoms with Crippen molar-refractivity contribution >= 4 is 11.9 Å². The Morgan fingerprint density at radius 3 is 2.74 bits per heavy atom. The van der Waals surface area contributed by atoms with E-state index in [2.05, 4.69) is 10.3 Å². The van der Waals surface area contributed by atoms with Gasteiger partial charge in [0, 0.05) is 7.11 Å².